The molecule has 8 nitrogen and oxygen atoms in total. The minimum Gasteiger partial charge on any atom is -0.497 e. The number of benzene rings is 2. The molecule has 34 heavy (non-hydrogen) atoms. The second-order valence-corrected chi connectivity index (χ2v) is 8.65. The Bertz CT molecular complexity index is 1200. The van der Waals surface area contributed by atoms with Gasteiger partial charge in [0, 0.05) is 37.6 Å². The van der Waals surface area contributed by atoms with Crippen molar-refractivity contribution in [2.75, 3.05) is 40.5 Å². The van der Waals surface area contributed by atoms with Crippen molar-refractivity contribution in [1.29, 1.82) is 0 Å². The van der Waals surface area contributed by atoms with Gasteiger partial charge in [-0.1, -0.05) is 23.7 Å². The number of carbonyl (C=O) groups excluding carboxylic acids is 1. The van der Waals surface area contributed by atoms with Gasteiger partial charge in [-0.05, 0) is 30.3 Å². The number of amides is 1. The van der Waals surface area contributed by atoms with Crippen molar-refractivity contribution in [3.63, 3.8) is 0 Å². The Balaban J connectivity index is 1.53. The van der Waals surface area contributed by atoms with E-state index in [0.29, 0.717) is 72.7 Å². The molecule has 0 saturated carbocycles. The molecule has 9 heteroatoms. The summed E-state index contributed by atoms with van der Waals surface area (Å²) in [6.07, 6.45) is 1.27. The Morgan fingerprint density at radius 2 is 1.76 bits per heavy atom. The van der Waals surface area contributed by atoms with Crippen LogP contribution in [0, 0.1) is 0 Å². The lowest BCUT2D eigenvalue weighted by Gasteiger charge is -2.37. The number of para-hydroxylation sites is 1. The lowest BCUT2D eigenvalue weighted by Crippen LogP contribution is -2.47. The molecule has 2 saturated heterocycles. The number of likely N-dealkylation sites (tertiary alicyclic amines) is 1. The standard InChI is InChI=1S/C25H26ClN3O5/c1-31-17-7-8-18(23(15-17)32-2)20-16-22(29(27-20)21-6-4-3-5-19(21)26)24(30)28-11-9-25(10-12-28)33-13-14-34-25/h3-8,15-16H,9-14H2,1-2H3. The van der Waals surface area contributed by atoms with Crippen molar-refractivity contribution in [1.82, 2.24) is 14.7 Å². The smallest absolute Gasteiger partial charge is 0.272 e. The van der Waals surface area contributed by atoms with Gasteiger partial charge in [0.25, 0.3) is 5.91 Å². The van der Waals surface area contributed by atoms with Crippen LogP contribution in [0.25, 0.3) is 16.9 Å². The molecule has 2 fully saturated rings. The average molecular weight is 484 g/mol. The zero-order valence-corrected chi connectivity index (χ0v) is 19.9. The van der Waals surface area contributed by atoms with Crippen LogP contribution in [-0.2, 0) is 9.47 Å². The Kier molecular flexibility index (Phi) is 6.20. The summed E-state index contributed by atoms with van der Waals surface area (Å²) in [5.41, 5.74) is 2.39. The molecule has 0 atom stereocenters. The topological polar surface area (TPSA) is 75.0 Å². The fraction of sp³-hybridized carbons (Fsp3) is 0.360. The lowest BCUT2D eigenvalue weighted by atomic mass is 10.0. The summed E-state index contributed by atoms with van der Waals surface area (Å²) in [5, 5.41) is 5.28. The number of halogens is 1. The van der Waals surface area contributed by atoms with E-state index in [4.69, 9.17) is 35.6 Å². The number of aromatic nitrogens is 2. The van der Waals surface area contributed by atoms with Gasteiger partial charge in [-0.25, -0.2) is 4.68 Å². The monoisotopic (exact) mass is 483 g/mol. The third-order valence-electron chi connectivity index (χ3n) is 6.32. The van der Waals surface area contributed by atoms with Gasteiger partial charge in [-0.15, -0.1) is 0 Å². The number of nitrogens with zero attached hydrogens (tertiary/aromatic N) is 3. The molecule has 0 N–H and O–H groups in total. The molecule has 3 heterocycles. The van der Waals surface area contributed by atoms with Gasteiger partial charge >= 0.3 is 0 Å². The minimum atomic E-state index is -0.554. The quantitative estimate of drug-likeness (QED) is 0.541. The Labute approximate surface area is 202 Å². The first-order valence-electron chi connectivity index (χ1n) is 11.2. The SMILES string of the molecule is COc1ccc(-c2cc(C(=O)N3CCC4(CC3)OCCO4)n(-c3ccccc3Cl)n2)c(OC)c1. The molecule has 3 aromatic rings. The van der Waals surface area contributed by atoms with Crippen molar-refractivity contribution < 1.29 is 23.7 Å². The van der Waals surface area contributed by atoms with Crippen LogP contribution in [0.5, 0.6) is 11.5 Å². The molecular weight excluding hydrogens is 458 g/mol. The zero-order valence-electron chi connectivity index (χ0n) is 19.1. The Morgan fingerprint density at radius 3 is 2.44 bits per heavy atom. The van der Waals surface area contributed by atoms with Crippen molar-refractivity contribution in [2.24, 2.45) is 0 Å². The fourth-order valence-electron chi connectivity index (χ4n) is 4.48. The molecule has 2 aliphatic rings. The molecule has 178 valence electrons. The summed E-state index contributed by atoms with van der Waals surface area (Å²) in [4.78, 5) is 15.5. The normalized spacial score (nSPS) is 17.2. The van der Waals surface area contributed by atoms with E-state index in [1.165, 1.54) is 0 Å². The fourth-order valence-corrected chi connectivity index (χ4v) is 4.70. The van der Waals surface area contributed by atoms with E-state index in [2.05, 4.69) is 0 Å². The van der Waals surface area contributed by atoms with Gasteiger partial charge in [0.05, 0.1) is 43.8 Å². The van der Waals surface area contributed by atoms with E-state index in [9.17, 15) is 4.79 Å². The summed E-state index contributed by atoms with van der Waals surface area (Å²) in [5.74, 6) is 0.583. The number of methoxy groups -OCH3 is 2. The molecule has 1 amide bonds. The maximum absolute atomic E-state index is 13.7. The van der Waals surface area contributed by atoms with Crippen molar-refractivity contribution in [3.8, 4) is 28.4 Å². The van der Waals surface area contributed by atoms with Crippen LogP contribution in [0.2, 0.25) is 5.02 Å². The summed E-state index contributed by atoms with van der Waals surface area (Å²) in [7, 11) is 3.19. The van der Waals surface area contributed by atoms with Crippen LogP contribution in [0.3, 0.4) is 0 Å². The maximum Gasteiger partial charge on any atom is 0.272 e. The highest BCUT2D eigenvalue weighted by Gasteiger charge is 2.41. The number of piperidine rings is 1. The number of rotatable bonds is 5. The van der Waals surface area contributed by atoms with Crippen molar-refractivity contribution in [2.45, 2.75) is 18.6 Å². The molecule has 1 spiro atoms. The summed E-state index contributed by atoms with van der Waals surface area (Å²) in [6.45, 7) is 2.27. The highest BCUT2D eigenvalue weighted by atomic mass is 35.5. The number of carbonyl (C=O) groups is 1. The van der Waals surface area contributed by atoms with Gasteiger partial charge in [0.1, 0.15) is 17.2 Å². The average Bonchev–Trinajstić information content (AvgIpc) is 3.51. The predicted molar refractivity (Wildman–Crippen MR) is 127 cm³/mol. The molecule has 0 unspecified atom stereocenters. The third kappa shape index (κ3) is 4.13. The largest absolute Gasteiger partial charge is 0.497 e. The molecule has 5 rings (SSSR count). The molecule has 0 bridgehead atoms. The molecule has 2 aliphatic heterocycles. The predicted octanol–water partition coefficient (Wildman–Crippen LogP) is 4.19. The van der Waals surface area contributed by atoms with Gasteiger partial charge in [-0.2, -0.15) is 5.10 Å². The van der Waals surface area contributed by atoms with E-state index in [0.717, 1.165) is 5.56 Å². The minimum absolute atomic E-state index is 0.126. The Hall–Kier alpha value is -3.07. The first kappa shape index (κ1) is 22.7. The van der Waals surface area contributed by atoms with E-state index in [1.807, 2.05) is 35.2 Å². The van der Waals surface area contributed by atoms with Gasteiger partial charge in [-0.3, -0.25) is 4.79 Å². The number of hydrogen-bond acceptors (Lipinski definition) is 6. The summed E-state index contributed by atoms with van der Waals surface area (Å²) in [6, 6.07) is 14.6. The van der Waals surface area contributed by atoms with Crippen LogP contribution in [0.1, 0.15) is 23.3 Å². The highest BCUT2D eigenvalue weighted by Crippen LogP contribution is 2.36. The molecule has 0 aliphatic carbocycles. The molecule has 0 radical (unpaired) electrons. The lowest BCUT2D eigenvalue weighted by molar-refractivity contribution is -0.181. The van der Waals surface area contributed by atoms with Gasteiger partial charge < -0.3 is 23.8 Å². The van der Waals surface area contributed by atoms with Crippen LogP contribution in [0.4, 0.5) is 0 Å². The Morgan fingerprint density at radius 1 is 1.03 bits per heavy atom. The molecule has 1 aromatic heterocycles. The van der Waals surface area contributed by atoms with E-state index < -0.39 is 5.79 Å². The van der Waals surface area contributed by atoms with Crippen LogP contribution in [-0.4, -0.2) is 66.9 Å². The van der Waals surface area contributed by atoms with Gasteiger partial charge in [0.2, 0.25) is 0 Å². The number of hydrogen-bond donors (Lipinski definition) is 0. The van der Waals surface area contributed by atoms with E-state index in [1.54, 1.807) is 37.1 Å². The first-order chi connectivity index (χ1) is 16.5. The summed E-state index contributed by atoms with van der Waals surface area (Å²) < 4.78 is 24.1. The van der Waals surface area contributed by atoms with E-state index >= 15 is 0 Å². The summed E-state index contributed by atoms with van der Waals surface area (Å²) >= 11 is 6.50. The first-order valence-corrected chi connectivity index (χ1v) is 11.6. The highest BCUT2D eigenvalue weighted by molar-refractivity contribution is 6.32. The zero-order chi connectivity index (χ0) is 23.7. The van der Waals surface area contributed by atoms with Crippen LogP contribution >= 0.6 is 11.6 Å². The third-order valence-corrected chi connectivity index (χ3v) is 6.64. The maximum atomic E-state index is 13.7. The molecule has 2 aromatic carbocycles. The van der Waals surface area contributed by atoms with Crippen LogP contribution in [0.15, 0.2) is 48.5 Å². The van der Waals surface area contributed by atoms with Gasteiger partial charge in [0.15, 0.2) is 5.79 Å². The van der Waals surface area contributed by atoms with E-state index in [-0.39, 0.29) is 5.91 Å². The van der Waals surface area contributed by atoms with Crippen molar-refractivity contribution in [3.05, 3.63) is 59.2 Å². The second-order valence-electron chi connectivity index (χ2n) is 8.24. The van der Waals surface area contributed by atoms with Crippen LogP contribution < -0.4 is 9.47 Å². The second kappa shape index (κ2) is 9.29. The molecular formula is C25H26ClN3O5. The number of ether oxygens (including phenoxy) is 4. The van der Waals surface area contributed by atoms with Crippen molar-refractivity contribution >= 4 is 17.5 Å².